The van der Waals surface area contributed by atoms with E-state index in [1.54, 1.807) is 19.0 Å². The predicted molar refractivity (Wildman–Crippen MR) is 43.2 cm³/mol. The molecule has 0 fully saturated rings. The Kier molecular flexibility index (Phi) is 2.24. The molecule has 1 heterocycles. The van der Waals surface area contributed by atoms with Crippen LogP contribution in [0, 0.1) is 17.1 Å². The van der Waals surface area contributed by atoms with Crippen LogP contribution < -0.4 is 4.90 Å². The molecule has 0 aliphatic rings. The second-order valence-electron chi connectivity index (χ2n) is 2.54. The van der Waals surface area contributed by atoms with Gasteiger partial charge in [-0.2, -0.15) is 5.26 Å². The number of halogens is 1. The zero-order valence-electron chi connectivity index (χ0n) is 6.87. The molecule has 1 aromatic heterocycles. The second kappa shape index (κ2) is 3.18. The largest absolute Gasteiger partial charge is 0.360 e. The highest BCUT2D eigenvalue weighted by atomic mass is 19.1. The summed E-state index contributed by atoms with van der Waals surface area (Å²) in [4.78, 5) is 5.33. The number of hydrogen-bond donors (Lipinski definition) is 0. The number of anilines is 1. The Labute approximate surface area is 70.1 Å². The number of hydrogen-bond acceptors (Lipinski definition) is 3. The first-order valence-electron chi connectivity index (χ1n) is 3.38. The van der Waals surface area contributed by atoms with Gasteiger partial charge in [0.2, 0.25) is 0 Å². The molecule has 0 bridgehead atoms. The third kappa shape index (κ3) is 1.51. The Morgan fingerprint density at radius 2 is 2.25 bits per heavy atom. The lowest BCUT2D eigenvalue weighted by molar-refractivity contribution is 0.619. The van der Waals surface area contributed by atoms with Crippen LogP contribution in [0.5, 0.6) is 0 Å². The molecule has 0 aromatic carbocycles. The normalized spacial score (nSPS) is 9.17. The van der Waals surface area contributed by atoms with Crippen LogP contribution >= 0.6 is 0 Å². The predicted octanol–water partition coefficient (Wildman–Crippen LogP) is 1.16. The topological polar surface area (TPSA) is 39.9 Å². The van der Waals surface area contributed by atoms with Gasteiger partial charge in [0.25, 0.3) is 0 Å². The quantitative estimate of drug-likeness (QED) is 0.626. The standard InChI is InChI=1S/C8H8FN3/c1-12(2)8-7(9)3-6(4-10)5-11-8/h3,5H,1-2H3. The summed E-state index contributed by atoms with van der Waals surface area (Å²) in [5.41, 5.74) is 0.234. The average molecular weight is 165 g/mol. The van der Waals surface area contributed by atoms with Crippen LogP contribution in [0.1, 0.15) is 5.56 Å². The van der Waals surface area contributed by atoms with Crippen LogP contribution in [0.2, 0.25) is 0 Å². The molecule has 0 N–H and O–H groups in total. The zero-order valence-corrected chi connectivity index (χ0v) is 6.87. The number of pyridine rings is 1. The number of aromatic nitrogens is 1. The van der Waals surface area contributed by atoms with E-state index >= 15 is 0 Å². The Hall–Kier alpha value is -1.63. The molecule has 12 heavy (non-hydrogen) atoms. The van der Waals surface area contributed by atoms with Crippen molar-refractivity contribution in [2.45, 2.75) is 0 Å². The fourth-order valence-corrected chi connectivity index (χ4v) is 0.821. The van der Waals surface area contributed by atoms with Crippen LogP contribution in [-0.2, 0) is 0 Å². The van der Waals surface area contributed by atoms with Crippen LogP contribution in [0.25, 0.3) is 0 Å². The van der Waals surface area contributed by atoms with Crippen molar-refractivity contribution >= 4 is 5.82 Å². The van der Waals surface area contributed by atoms with Crippen molar-refractivity contribution in [3.05, 3.63) is 23.6 Å². The Balaban J connectivity index is 3.14. The first kappa shape index (κ1) is 8.47. The molecule has 0 amide bonds. The Morgan fingerprint density at radius 3 is 2.67 bits per heavy atom. The smallest absolute Gasteiger partial charge is 0.166 e. The summed E-state index contributed by atoms with van der Waals surface area (Å²) < 4.78 is 13.0. The van der Waals surface area contributed by atoms with E-state index in [2.05, 4.69) is 4.98 Å². The van der Waals surface area contributed by atoms with Gasteiger partial charge in [-0.05, 0) is 6.07 Å². The summed E-state index contributed by atoms with van der Waals surface area (Å²) in [6.07, 6.45) is 1.35. The highest BCUT2D eigenvalue weighted by molar-refractivity contribution is 5.41. The minimum absolute atomic E-state index is 0.234. The third-order valence-corrected chi connectivity index (χ3v) is 1.37. The van der Waals surface area contributed by atoms with Crippen molar-refractivity contribution in [2.24, 2.45) is 0 Å². The molecule has 1 rings (SSSR count). The minimum Gasteiger partial charge on any atom is -0.360 e. The van der Waals surface area contributed by atoms with Gasteiger partial charge in [0, 0.05) is 20.3 Å². The van der Waals surface area contributed by atoms with Crippen LogP contribution in [0.4, 0.5) is 10.2 Å². The number of nitriles is 1. The maximum Gasteiger partial charge on any atom is 0.166 e. The van der Waals surface area contributed by atoms with Gasteiger partial charge in [-0.3, -0.25) is 0 Å². The lowest BCUT2D eigenvalue weighted by atomic mass is 10.3. The van der Waals surface area contributed by atoms with Crippen LogP contribution in [0.15, 0.2) is 12.3 Å². The molecule has 0 saturated heterocycles. The van der Waals surface area contributed by atoms with Crippen molar-refractivity contribution in [1.82, 2.24) is 4.98 Å². The maximum absolute atomic E-state index is 13.0. The van der Waals surface area contributed by atoms with E-state index in [4.69, 9.17) is 5.26 Å². The van der Waals surface area contributed by atoms with Gasteiger partial charge >= 0.3 is 0 Å². The van der Waals surface area contributed by atoms with Gasteiger partial charge < -0.3 is 4.90 Å². The van der Waals surface area contributed by atoms with Gasteiger partial charge in [0.1, 0.15) is 6.07 Å². The fraction of sp³-hybridized carbons (Fsp3) is 0.250. The van der Waals surface area contributed by atoms with E-state index in [0.717, 1.165) is 0 Å². The van der Waals surface area contributed by atoms with E-state index < -0.39 is 5.82 Å². The second-order valence-corrected chi connectivity index (χ2v) is 2.54. The van der Waals surface area contributed by atoms with Crippen molar-refractivity contribution in [1.29, 1.82) is 5.26 Å². The zero-order chi connectivity index (χ0) is 9.14. The first-order chi connectivity index (χ1) is 5.65. The van der Waals surface area contributed by atoms with Gasteiger partial charge in [-0.1, -0.05) is 0 Å². The molecule has 1 aromatic rings. The van der Waals surface area contributed by atoms with Crippen LogP contribution in [0.3, 0.4) is 0 Å². The summed E-state index contributed by atoms with van der Waals surface area (Å²) in [5.74, 6) is -0.229. The summed E-state index contributed by atoms with van der Waals surface area (Å²) in [5, 5.41) is 8.42. The van der Waals surface area contributed by atoms with E-state index in [-0.39, 0.29) is 11.4 Å². The van der Waals surface area contributed by atoms with Gasteiger partial charge in [0.15, 0.2) is 11.6 Å². The van der Waals surface area contributed by atoms with Gasteiger partial charge in [-0.25, -0.2) is 9.37 Å². The number of nitrogens with zero attached hydrogens (tertiary/aromatic N) is 3. The molecule has 3 nitrogen and oxygen atoms in total. The lowest BCUT2D eigenvalue weighted by Gasteiger charge is -2.10. The molecule has 0 unspecified atom stereocenters. The summed E-state index contributed by atoms with van der Waals surface area (Å²) in [7, 11) is 3.38. The van der Waals surface area contributed by atoms with Crippen molar-refractivity contribution < 1.29 is 4.39 Å². The first-order valence-corrected chi connectivity index (χ1v) is 3.38. The molecule has 0 saturated carbocycles. The Bertz CT molecular complexity index is 328. The van der Waals surface area contributed by atoms with E-state index in [9.17, 15) is 4.39 Å². The number of rotatable bonds is 1. The molecule has 0 radical (unpaired) electrons. The maximum atomic E-state index is 13.0. The Morgan fingerprint density at radius 1 is 1.58 bits per heavy atom. The lowest BCUT2D eigenvalue weighted by Crippen LogP contribution is -2.12. The fourth-order valence-electron chi connectivity index (χ4n) is 0.821. The van der Waals surface area contributed by atoms with Crippen LogP contribution in [-0.4, -0.2) is 19.1 Å². The monoisotopic (exact) mass is 165 g/mol. The minimum atomic E-state index is -0.473. The summed E-state index contributed by atoms with van der Waals surface area (Å²) >= 11 is 0. The van der Waals surface area contributed by atoms with E-state index in [1.165, 1.54) is 12.3 Å². The third-order valence-electron chi connectivity index (χ3n) is 1.37. The summed E-state index contributed by atoms with van der Waals surface area (Å²) in [6, 6.07) is 2.98. The highest BCUT2D eigenvalue weighted by Crippen LogP contribution is 2.13. The molecule has 0 spiro atoms. The van der Waals surface area contributed by atoms with Gasteiger partial charge in [-0.15, -0.1) is 0 Å². The molecular weight excluding hydrogens is 157 g/mol. The SMILES string of the molecule is CN(C)c1ncc(C#N)cc1F. The molecular formula is C8H8FN3. The van der Waals surface area contributed by atoms with E-state index in [0.29, 0.717) is 0 Å². The summed E-state index contributed by atoms with van der Waals surface area (Å²) in [6.45, 7) is 0. The molecule has 0 atom stereocenters. The molecule has 4 heteroatoms. The molecule has 0 aliphatic heterocycles. The van der Waals surface area contributed by atoms with Gasteiger partial charge in [0.05, 0.1) is 5.56 Å². The van der Waals surface area contributed by atoms with Crippen molar-refractivity contribution in [3.8, 4) is 6.07 Å². The molecule has 62 valence electrons. The highest BCUT2D eigenvalue weighted by Gasteiger charge is 2.05. The molecule has 0 aliphatic carbocycles. The van der Waals surface area contributed by atoms with Crippen molar-refractivity contribution in [3.63, 3.8) is 0 Å². The van der Waals surface area contributed by atoms with E-state index in [1.807, 2.05) is 6.07 Å². The average Bonchev–Trinajstić information content (AvgIpc) is 2.03. The van der Waals surface area contributed by atoms with Crippen molar-refractivity contribution in [2.75, 3.05) is 19.0 Å².